The number of aromatic nitrogens is 3. The molecular weight excluding hydrogens is 346 g/mol. The van der Waals surface area contributed by atoms with Crippen molar-refractivity contribution < 1.29 is 14.3 Å². The van der Waals surface area contributed by atoms with Gasteiger partial charge in [0, 0.05) is 13.5 Å². The molecule has 0 saturated carbocycles. The molecular formula is C19H23N5O3. The lowest BCUT2D eigenvalue weighted by Crippen LogP contribution is -2.49. The molecule has 0 spiro atoms. The summed E-state index contributed by atoms with van der Waals surface area (Å²) in [4.78, 5) is 31.3. The van der Waals surface area contributed by atoms with Gasteiger partial charge in [0.25, 0.3) is 11.8 Å². The van der Waals surface area contributed by atoms with Crippen molar-refractivity contribution in [3.05, 3.63) is 35.9 Å². The number of aryl methyl sites for hydroxylation is 1. The monoisotopic (exact) mass is 369 g/mol. The first-order valence-electron chi connectivity index (χ1n) is 9.34. The quantitative estimate of drug-likeness (QED) is 0.890. The first-order chi connectivity index (χ1) is 13.1. The van der Waals surface area contributed by atoms with Gasteiger partial charge in [0.15, 0.2) is 0 Å². The van der Waals surface area contributed by atoms with Crippen LogP contribution >= 0.6 is 0 Å². The van der Waals surface area contributed by atoms with Gasteiger partial charge in [-0.3, -0.25) is 9.59 Å². The van der Waals surface area contributed by atoms with Crippen LogP contribution in [0.3, 0.4) is 0 Å². The van der Waals surface area contributed by atoms with Crippen LogP contribution in [0.2, 0.25) is 0 Å². The average molecular weight is 369 g/mol. The number of fused-ring (bicyclic) bond motifs is 2. The van der Waals surface area contributed by atoms with E-state index < -0.39 is 11.9 Å². The lowest BCUT2D eigenvalue weighted by atomic mass is 10.0. The Morgan fingerprint density at radius 3 is 3.00 bits per heavy atom. The normalized spacial score (nSPS) is 21.7. The van der Waals surface area contributed by atoms with Gasteiger partial charge in [-0.1, -0.05) is 19.1 Å². The number of benzene rings is 1. The smallest absolute Gasteiger partial charge is 0.291 e. The van der Waals surface area contributed by atoms with Crippen LogP contribution in [0.15, 0.2) is 24.3 Å². The van der Waals surface area contributed by atoms with Crippen molar-refractivity contribution in [2.24, 2.45) is 0 Å². The van der Waals surface area contributed by atoms with E-state index in [-0.39, 0.29) is 24.4 Å². The molecule has 0 radical (unpaired) electrons. The Kier molecular flexibility index (Phi) is 4.55. The highest BCUT2D eigenvalue weighted by molar-refractivity contribution is 6.02. The number of nitrogens with zero attached hydrogens (tertiary/aromatic N) is 4. The molecule has 2 aliphatic heterocycles. The third-order valence-electron chi connectivity index (χ3n) is 5.23. The van der Waals surface area contributed by atoms with E-state index in [9.17, 15) is 9.59 Å². The maximum absolute atomic E-state index is 12.8. The second-order valence-electron chi connectivity index (χ2n) is 6.95. The number of amides is 2. The summed E-state index contributed by atoms with van der Waals surface area (Å²) < 4.78 is 7.60. The summed E-state index contributed by atoms with van der Waals surface area (Å²) in [5.74, 6) is 0.886. The molecule has 2 atom stereocenters. The molecule has 0 aliphatic carbocycles. The summed E-state index contributed by atoms with van der Waals surface area (Å²) in [6.07, 6.45) is 3.87. The van der Waals surface area contributed by atoms with Gasteiger partial charge < -0.3 is 15.0 Å². The van der Waals surface area contributed by atoms with E-state index in [0.29, 0.717) is 11.4 Å². The lowest BCUT2D eigenvalue weighted by molar-refractivity contribution is -0.120. The van der Waals surface area contributed by atoms with Gasteiger partial charge in [-0.2, -0.15) is 0 Å². The predicted molar refractivity (Wildman–Crippen MR) is 98.9 cm³/mol. The molecule has 0 bridgehead atoms. The maximum atomic E-state index is 12.8. The summed E-state index contributed by atoms with van der Waals surface area (Å²) >= 11 is 0. The van der Waals surface area contributed by atoms with Crippen LogP contribution in [0.25, 0.3) is 0 Å². The first-order valence-corrected chi connectivity index (χ1v) is 9.34. The number of hydrogen-bond acceptors (Lipinski definition) is 5. The lowest BCUT2D eigenvalue weighted by Gasteiger charge is -2.21. The molecule has 1 unspecified atom stereocenters. The highest BCUT2D eigenvalue weighted by atomic mass is 16.5. The largest absolute Gasteiger partial charge is 0.489 e. The molecule has 1 aromatic carbocycles. The Hall–Kier alpha value is -2.90. The fourth-order valence-corrected chi connectivity index (χ4v) is 3.69. The fourth-order valence-electron chi connectivity index (χ4n) is 3.69. The fraction of sp³-hybridized carbons (Fsp3) is 0.474. The van der Waals surface area contributed by atoms with E-state index >= 15 is 0 Å². The first kappa shape index (κ1) is 17.5. The van der Waals surface area contributed by atoms with Crippen LogP contribution in [0.5, 0.6) is 5.75 Å². The van der Waals surface area contributed by atoms with Crippen molar-refractivity contribution in [1.29, 1.82) is 0 Å². The van der Waals surface area contributed by atoms with E-state index in [1.54, 1.807) is 13.1 Å². The Balaban J connectivity index is 1.52. The van der Waals surface area contributed by atoms with Crippen LogP contribution in [0, 0.1) is 0 Å². The molecule has 3 heterocycles. The summed E-state index contributed by atoms with van der Waals surface area (Å²) in [6, 6.07) is 6.80. The number of rotatable bonds is 3. The van der Waals surface area contributed by atoms with E-state index in [1.165, 1.54) is 4.90 Å². The van der Waals surface area contributed by atoms with Crippen LogP contribution < -0.4 is 15.0 Å². The maximum Gasteiger partial charge on any atom is 0.291 e. The minimum absolute atomic E-state index is 0.0665. The Morgan fingerprint density at radius 2 is 2.19 bits per heavy atom. The molecule has 2 aromatic rings. The molecule has 142 valence electrons. The van der Waals surface area contributed by atoms with E-state index in [0.717, 1.165) is 31.5 Å². The molecule has 27 heavy (non-hydrogen) atoms. The number of likely N-dealkylation sites (N-methyl/N-ethyl adjacent to an activating group) is 1. The van der Waals surface area contributed by atoms with Crippen molar-refractivity contribution >= 4 is 17.5 Å². The molecule has 0 fully saturated rings. The Bertz CT molecular complexity index is 878. The van der Waals surface area contributed by atoms with Crippen molar-refractivity contribution in [3.8, 4) is 5.75 Å². The van der Waals surface area contributed by atoms with E-state index in [4.69, 9.17) is 4.74 Å². The van der Waals surface area contributed by atoms with Crippen LogP contribution in [-0.2, 0) is 11.2 Å². The molecule has 8 nitrogen and oxygen atoms in total. The number of carbonyl (C=O) groups excluding carboxylic acids is 2. The number of para-hydroxylation sites is 2. The van der Waals surface area contributed by atoms with Gasteiger partial charge in [-0.15, -0.1) is 5.10 Å². The van der Waals surface area contributed by atoms with Crippen molar-refractivity contribution in [2.75, 3.05) is 18.6 Å². The van der Waals surface area contributed by atoms with Gasteiger partial charge in [-0.05, 0) is 31.4 Å². The zero-order chi connectivity index (χ0) is 19.0. The molecule has 4 rings (SSSR count). The molecule has 1 N–H and O–H groups in total. The standard InChI is InChI=1S/C19H23N5O3/c1-3-12-7-6-10-16-21-17(22-24(12)16)18(25)20-13-11-27-15-9-5-4-8-14(15)23(2)19(13)26/h4-5,8-9,12-13H,3,6-7,10-11H2,1-2H3,(H,20,25)/t12-,13?/m1/s1. The van der Waals surface area contributed by atoms with Crippen LogP contribution in [-0.4, -0.2) is 46.3 Å². The summed E-state index contributed by atoms with van der Waals surface area (Å²) in [6.45, 7) is 2.17. The zero-order valence-electron chi connectivity index (χ0n) is 15.5. The van der Waals surface area contributed by atoms with E-state index in [1.807, 2.05) is 22.9 Å². The minimum atomic E-state index is -0.794. The van der Waals surface area contributed by atoms with Gasteiger partial charge in [0.05, 0.1) is 11.7 Å². The third-order valence-corrected chi connectivity index (χ3v) is 5.23. The summed E-state index contributed by atoms with van der Waals surface area (Å²) in [5, 5.41) is 7.14. The SMILES string of the molecule is CC[C@@H]1CCCc2nc(C(=O)NC3COc4ccccc4N(C)C3=O)nn21. The van der Waals surface area contributed by atoms with Crippen molar-refractivity contribution in [1.82, 2.24) is 20.1 Å². The van der Waals surface area contributed by atoms with Crippen molar-refractivity contribution in [2.45, 2.75) is 44.7 Å². The van der Waals surface area contributed by atoms with E-state index in [2.05, 4.69) is 22.3 Å². The van der Waals surface area contributed by atoms with Crippen LogP contribution in [0.4, 0.5) is 5.69 Å². The van der Waals surface area contributed by atoms with Gasteiger partial charge in [0.2, 0.25) is 5.82 Å². The number of anilines is 1. The number of carbonyl (C=O) groups is 2. The van der Waals surface area contributed by atoms with Crippen molar-refractivity contribution in [3.63, 3.8) is 0 Å². The Labute approximate surface area is 157 Å². The molecule has 2 aliphatic rings. The molecule has 8 heteroatoms. The number of hydrogen-bond donors (Lipinski definition) is 1. The number of ether oxygens (including phenoxy) is 1. The highest BCUT2D eigenvalue weighted by Crippen LogP contribution is 2.30. The second kappa shape index (κ2) is 7.02. The predicted octanol–water partition coefficient (Wildman–Crippen LogP) is 1.72. The zero-order valence-corrected chi connectivity index (χ0v) is 15.5. The second-order valence-corrected chi connectivity index (χ2v) is 6.95. The highest BCUT2D eigenvalue weighted by Gasteiger charge is 2.32. The third kappa shape index (κ3) is 3.15. The average Bonchev–Trinajstić information content (AvgIpc) is 3.10. The molecule has 1 aromatic heterocycles. The topological polar surface area (TPSA) is 89.3 Å². The molecule has 2 amide bonds. The van der Waals surface area contributed by atoms with Gasteiger partial charge in [0.1, 0.15) is 24.2 Å². The summed E-state index contributed by atoms with van der Waals surface area (Å²) in [5.41, 5.74) is 0.681. The van der Waals surface area contributed by atoms with Gasteiger partial charge >= 0.3 is 0 Å². The van der Waals surface area contributed by atoms with Crippen LogP contribution in [0.1, 0.15) is 48.7 Å². The summed E-state index contributed by atoms with van der Waals surface area (Å²) in [7, 11) is 1.68. The minimum Gasteiger partial charge on any atom is -0.489 e. The number of nitrogens with one attached hydrogen (secondary N) is 1. The molecule has 0 saturated heterocycles. The Morgan fingerprint density at radius 1 is 1.37 bits per heavy atom. The van der Waals surface area contributed by atoms with Gasteiger partial charge in [-0.25, -0.2) is 9.67 Å².